The van der Waals surface area contributed by atoms with E-state index < -0.39 is 0 Å². The molecule has 0 saturated heterocycles. The maximum Gasteiger partial charge on any atom is 0.110 e. The number of nitrogens with zero attached hydrogens (tertiary/aromatic N) is 1. The molecule has 0 aliphatic heterocycles. The lowest BCUT2D eigenvalue weighted by Crippen LogP contribution is -1.99. The van der Waals surface area contributed by atoms with Crippen molar-refractivity contribution in [2.75, 3.05) is 0 Å². The molecule has 0 aliphatic rings. The highest BCUT2D eigenvalue weighted by Crippen LogP contribution is 2.25. The monoisotopic (exact) mass is 216 g/mol. The normalized spacial score (nSPS) is 13.1. The van der Waals surface area contributed by atoms with E-state index in [4.69, 9.17) is 0 Å². The van der Waals surface area contributed by atoms with Crippen molar-refractivity contribution in [3.8, 4) is 0 Å². The second-order valence-electron chi connectivity index (χ2n) is 4.39. The molecule has 0 radical (unpaired) electrons. The van der Waals surface area contributed by atoms with Gasteiger partial charge in [-0.05, 0) is 25.0 Å². The Morgan fingerprint density at radius 1 is 1.25 bits per heavy atom. The number of imidazole rings is 1. The standard InChI is InChI=1S/C14H20N2/c1-3-5-8-11(4-2)14-15-12-9-6-7-10-13(12)16-14/h6-7,9-11H,3-5,8H2,1-2H3,(H,15,16). The third-order valence-electron chi connectivity index (χ3n) is 3.19. The van der Waals surface area contributed by atoms with Gasteiger partial charge in [-0.15, -0.1) is 0 Å². The molecule has 0 amide bonds. The van der Waals surface area contributed by atoms with Crippen LogP contribution >= 0.6 is 0 Å². The molecule has 1 atom stereocenters. The molecular formula is C14H20N2. The van der Waals surface area contributed by atoms with Crippen LogP contribution in [0, 0.1) is 0 Å². The Morgan fingerprint density at radius 2 is 2.06 bits per heavy atom. The topological polar surface area (TPSA) is 28.7 Å². The van der Waals surface area contributed by atoms with Gasteiger partial charge in [-0.25, -0.2) is 4.98 Å². The Balaban J connectivity index is 2.23. The minimum absolute atomic E-state index is 0.590. The number of fused-ring (bicyclic) bond motifs is 1. The summed E-state index contributed by atoms with van der Waals surface area (Å²) >= 11 is 0. The molecule has 2 nitrogen and oxygen atoms in total. The van der Waals surface area contributed by atoms with Crippen LogP contribution in [0.25, 0.3) is 11.0 Å². The summed E-state index contributed by atoms with van der Waals surface area (Å²) in [6.45, 7) is 4.48. The predicted octanol–water partition coefficient (Wildman–Crippen LogP) is 4.25. The van der Waals surface area contributed by atoms with E-state index in [-0.39, 0.29) is 0 Å². The summed E-state index contributed by atoms with van der Waals surface area (Å²) < 4.78 is 0. The molecule has 86 valence electrons. The number of H-pyrrole nitrogens is 1. The molecular weight excluding hydrogens is 196 g/mol. The van der Waals surface area contributed by atoms with Crippen LogP contribution in [0.5, 0.6) is 0 Å². The summed E-state index contributed by atoms with van der Waals surface area (Å²) in [7, 11) is 0. The molecule has 1 aromatic heterocycles. The quantitative estimate of drug-likeness (QED) is 0.795. The Morgan fingerprint density at radius 3 is 2.75 bits per heavy atom. The van der Waals surface area contributed by atoms with Gasteiger partial charge in [0, 0.05) is 5.92 Å². The van der Waals surface area contributed by atoms with Gasteiger partial charge >= 0.3 is 0 Å². The van der Waals surface area contributed by atoms with Crippen molar-refractivity contribution in [1.82, 2.24) is 9.97 Å². The van der Waals surface area contributed by atoms with Crippen LogP contribution < -0.4 is 0 Å². The van der Waals surface area contributed by atoms with E-state index in [1.807, 2.05) is 6.07 Å². The predicted molar refractivity (Wildman–Crippen MR) is 68.7 cm³/mol. The van der Waals surface area contributed by atoms with Crippen molar-refractivity contribution in [2.24, 2.45) is 0 Å². The Kier molecular flexibility index (Phi) is 3.60. The van der Waals surface area contributed by atoms with E-state index in [2.05, 4.69) is 42.0 Å². The number of para-hydroxylation sites is 2. The van der Waals surface area contributed by atoms with E-state index in [9.17, 15) is 0 Å². The molecule has 16 heavy (non-hydrogen) atoms. The lowest BCUT2D eigenvalue weighted by atomic mass is 9.99. The second kappa shape index (κ2) is 5.15. The van der Waals surface area contributed by atoms with Gasteiger partial charge in [-0.3, -0.25) is 0 Å². The molecule has 0 fully saturated rings. The number of benzene rings is 1. The first-order chi connectivity index (χ1) is 7.85. The van der Waals surface area contributed by atoms with Crippen molar-refractivity contribution in [3.63, 3.8) is 0 Å². The zero-order valence-corrected chi connectivity index (χ0v) is 10.2. The Bertz CT molecular complexity index is 412. The molecule has 1 unspecified atom stereocenters. The summed E-state index contributed by atoms with van der Waals surface area (Å²) in [4.78, 5) is 8.13. The Hall–Kier alpha value is -1.31. The molecule has 1 aromatic carbocycles. The number of hydrogen-bond acceptors (Lipinski definition) is 1. The molecule has 2 aromatic rings. The highest BCUT2D eigenvalue weighted by atomic mass is 14.9. The van der Waals surface area contributed by atoms with Gasteiger partial charge in [0.2, 0.25) is 0 Å². The smallest absolute Gasteiger partial charge is 0.110 e. The van der Waals surface area contributed by atoms with E-state index >= 15 is 0 Å². The maximum absolute atomic E-state index is 4.68. The van der Waals surface area contributed by atoms with Crippen molar-refractivity contribution in [2.45, 2.75) is 45.4 Å². The van der Waals surface area contributed by atoms with E-state index in [0.29, 0.717) is 5.92 Å². The first-order valence-corrected chi connectivity index (χ1v) is 6.29. The maximum atomic E-state index is 4.68. The average molecular weight is 216 g/mol. The first-order valence-electron chi connectivity index (χ1n) is 6.29. The number of rotatable bonds is 5. The van der Waals surface area contributed by atoms with Gasteiger partial charge in [-0.1, -0.05) is 38.8 Å². The van der Waals surface area contributed by atoms with Crippen LogP contribution in [-0.4, -0.2) is 9.97 Å². The summed E-state index contributed by atoms with van der Waals surface area (Å²) in [6.07, 6.45) is 4.96. The molecule has 0 aliphatic carbocycles. The van der Waals surface area contributed by atoms with Crippen LogP contribution in [0.15, 0.2) is 24.3 Å². The SMILES string of the molecule is CCCCC(CC)c1nc2ccccc2[nH]1. The lowest BCUT2D eigenvalue weighted by molar-refractivity contribution is 0.549. The summed E-state index contributed by atoms with van der Waals surface area (Å²) in [6, 6.07) is 8.26. The van der Waals surface area contributed by atoms with Crippen molar-refractivity contribution in [3.05, 3.63) is 30.1 Å². The summed E-state index contributed by atoms with van der Waals surface area (Å²) in [5.74, 6) is 1.75. The third kappa shape index (κ3) is 2.26. The zero-order chi connectivity index (χ0) is 11.4. The third-order valence-corrected chi connectivity index (χ3v) is 3.19. The van der Waals surface area contributed by atoms with E-state index in [1.54, 1.807) is 0 Å². The van der Waals surface area contributed by atoms with Gasteiger partial charge < -0.3 is 4.98 Å². The van der Waals surface area contributed by atoms with Crippen molar-refractivity contribution >= 4 is 11.0 Å². The van der Waals surface area contributed by atoms with Crippen LogP contribution in [0.1, 0.15) is 51.3 Å². The van der Waals surface area contributed by atoms with Gasteiger partial charge in [0.15, 0.2) is 0 Å². The minimum atomic E-state index is 0.590. The average Bonchev–Trinajstić information content (AvgIpc) is 2.73. The lowest BCUT2D eigenvalue weighted by Gasteiger charge is -2.10. The number of aromatic amines is 1. The van der Waals surface area contributed by atoms with Crippen LogP contribution in [0.4, 0.5) is 0 Å². The van der Waals surface area contributed by atoms with Crippen LogP contribution in [-0.2, 0) is 0 Å². The zero-order valence-electron chi connectivity index (χ0n) is 10.2. The highest BCUT2D eigenvalue weighted by molar-refractivity contribution is 5.74. The second-order valence-corrected chi connectivity index (χ2v) is 4.39. The Labute approximate surface area is 97.1 Å². The van der Waals surface area contributed by atoms with Crippen molar-refractivity contribution < 1.29 is 0 Å². The van der Waals surface area contributed by atoms with Crippen LogP contribution in [0.3, 0.4) is 0 Å². The first kappa shape index (κ1) is 11.2. The molecule has 0 saturated carbocycles. The highest BCUT2D eigenvalue weighted by Gasteiger charge is 2.12. The molecule has 0 bridgehead atoms. The van der Waals surface area contributed by atoms with Gasteiger partial charge in [0.05, 0.1) is 11.0 Å². The van der Waals surface area contributed by atoms with E-state index in [0.717, 1.165) is 16.9 Å². The summed E-state index contributed by atoms with van der Waals surface area (Å²) in [5, 5.41) is 0. The number of unbranched alkanes of at least 4 members (excludes halogenated alkanes) is 1. The number of nitrogens with one attached hydrogen (secondary N) is 1. The van der Waals surface area contributed by atoms with Crippen LogP contribution in [0.2, 0.25) is 0 Å². The molecule has 1 N–H and O–H groups in total. The van der Waals surface area contributed by atoms with E-state index in [1.165, 1.54) is 25.7 Å². The molecule has 2 rings (SSSR count). The molecule has 2 heteroatoms. The minimum Gasteiger partial charge on any atom is -0.342 e. The van der Waals surface area contributed by atoms with Gasteiger partial charge in [0.25, 0.3) is 0 Å². The van der Waals surface area contributed by atoms with Gasteiger partial charge in [0.1, 0.15) is 5.82 Å². The fourth-order valence-electron chi connectivity index (χ4n) is 2.15. The van der Waals surface area contributed by atoms with Gasteiger partial charge in [-0.2, -0.15) is 0 Å². The molecule has 0 spiro atoms. The van der Waals surface area contributed by atoms with Crippen molar-refractivity contribution in [1.29, 1.82) is 0 Å². The summed E-state index contributed by atoms with van der Waals surface area (Å²) in [5.41, 5.74) is 2.25. The fourth-order valence-corrected chi connectivity index (χ4v) is 2.15. The molecule has 1 heterocycles. The largest absolute Gasteiger partial charge is 0.342 e. The fraction of sp³-hybridized carbons (Fsp3) is 0.500. The number of aromatic nitrogens is 2. The number of hydrogen-bond donors (Lipinski definition) is 1.